The SMILES string of the molecule is CC(C)(C)NC(=O)N1CCC(c2ccn3ncc(C(=O)N4CCCC4)c3c2)CC1. The molecule has 0 spiro atoms. The number of piperidine rings is 1. The number of nitrogens with zero attached hydrogens (tertiary/aromatic N) is 4. The van der Waals surface area contributed by atoms with E-state index in [9.17, 15) is 9.59 Å². The minimum Gasteiger partial charge on any atom is -0.339 e. The summed E-state index contributed by atoms with van der Waals surface area (Å²) in [5.41, 5.74) is 2.58. The third kappa shape index (κ3) is 4.23. The zero-order valence-electron chi connectivity index (χ0n) is 17.6. The van der Waals surface area contributed by atoms with Crippen molar-refractivity contribution in [2.24, 2.45) is 0 Å². The second-order valence-electron chi connectivity index (χ2n) is 9.29. The summed E-state index contributed by atoms with van der Waals surface area (Å²) in [6, 6.07) is 4.23. The highest BCUT2D eigenvalue weighted by Crippen LogP contribution is 2.30. The Morgan fingerprint density at radius 1 is 1.07 bits per heavy atom. The molecule has 1 N–H and O–H groups in total. The Labute approximate surface area is 172 Å². The largest absolute Gasteiger partial charge is 0.339 e. The fourth-order valence-corrected chi connectivity index (χ4v) is 4.32. The molecule has 4 rings (SSSR count). The van der Waals surface area contributed by atoms with Gasteiger partial charge >= 0.3 is 6.03 Å². The lowest BCUT2D eigenvalue weighted by molar-refractivity contribution is 0.0794. The van der Waals surface area contributed by atoms with E-state index in [1.54, 1.807) is 10.7 Å². The molecule has 0 saturated carbocycles. The Balaban J connectivity index is 1.47. The summed E-state index contributed by atoms with van der Waals surface area (Å²) in [4.78, 5) is 29.1. The molecule has 0 bridgehead atoms. The second-order valence-corrected chi connectivity index (χ2v) is 9.29. The van der Waals surface area contributed by atoms with Crippen LogP contribution in [0.15, 0.2) is 24.5 Å². The molecular weight excluding hydrogens is 366 g/mol. The molecule has 2 aromatic rings. The van der Waals surface area contributed by atoms with Gasteiger partial charge < -0.3 is 15.1 Å². The van der Waals surface area contributed by atoms with Crippen molar-refractivity contribution < 1.29 is 9.59 Å². The summed E-state index contributed by atoms with van der Waals surface area (Å²) in [5.74, 6) is 0.478. The second kappa shape index (κ2) is 7.69. The lowest BCUT2D eigenvalue weighted by atomic mass is 9.89. The molecule has 3 amide bonds. The van der Waals surface area contributed by atoms with E-state index in [2.05, 4.69) is 22.5 Å². The molecule has 2 aromatic heterocycles. The maximum atomic E-state index is 12.9. The van der Waals surface area contributed by atoms with E-state index in [1.807, 2.05) is 36.8 Å². The first-order valence-corrected chi connectivity index (χ1v) is 10.7. The van der Waals surface area contributed by atoms with Crippen molar-refractivity contribution in [1.29, 1.82) is 0 Å². The van der Waals surface area contributed by atoms with E-state index in [-0.39, 0.29) is 17.5 Å². The van der Waals surface area contributed by atoms with Crippen molar-refractivity contribution in [1.82, 2.24) is 24.7 Å². The molecule has 0 aromatic carbocycles. The first-order chi connectivity index (χ1) is 13.8. The molecule has 0 atom stereocenters. The number of carbonyl (C=O) groups is 2. The number of likely N-dealkylation sites (tertiary alicyclic amines) is 2. The molecule has 7 nitrogen and oxygen atoms in total. The molecule has 2 aliphatic heterocycles. The molecule has 7 heteroatoms. The van der Waals surface area contributed by atoms with Gasteiger partial charge in [0.15, 0.2) is 0 Å². The number of rotatable bonds is 2. The van der Waals surface area contributed by atoms with Crippen molar-refractivity contribution in [3.63, 3.8) is 0 Å². The number of pyridine rings is 1. The maximum Gasteiger partial charge on any atom is 0.317 e. The van der Waals surface area contributed by atoms with Crippen LogP contribution in [0.4, 0.5) is 4.79 Å². The Morgan fingerprint density at radius 3 is 2.41 bits per heavy atom. The number of amides is 3. The smallest absolute Gasteiger partial charge is 0.317 e. The minimum absolute atomic E-state index is 0.0145. The van der Waals surface area contributed by atoms with Crippen molar-refractivity contribution >= 4 is 17.5 Å². The summed E-state index contributed by atoms with van der Waals surface area (Å²) in [6.07, 6.45) is 7.66. The molecule has 0 aliphatic carbocycles. The van der Waals surface area contributed by atoms with E-state index >= 15 is 0 Å². The molecule has 0 unspecified atom stereocenters. The average Bonchev–Trinajstić information content (AvgIpc) is 3.36. The van der Waals surface area contributed by atoms with Crippen LogP contribution in [-0.2, 0) is 0 Å². The Hall–Kier alpha value is -2.57. The van der Waals surface area contributed by atoms with Gasteiger partial charge in [0.05, 0.1) is 17.3 Å². The molecule has 4 heterocycles. The van der Waals surface area contributed by atoms with E-state index in [0.29, 0.717) is 11.5 Å². The van der Waals surface area contributed by atoms with Crippen molar-refractivity contribution in [3.05, 3.63) is 35.7 Å². The summed E-state index contributed by atoms with van der Waals surface area (Å²) >= 11 is 0. The molecule has 29 heavy (non-hydrogen) atoms. The first-order valence-electron chi connectivity index (χ1n) is 10.7. The Kier molecular flexibility index (Phi) is 5.23. The molecule has 0 radical (unpaired) electrons. The van der Waals surface area contributed by atoms with Gasteiger partial charge in [-0.15, -0.1) is 0 Å². The molecular formula is C22H31N5O2. The van der Waals surface area contributed by atoms with Crippen LogP contribution in [0.2, 0.25) is 0 Å². The summed E-state index contributed by atoms with van der Waals surface area (Å²) in [6.45, 7) is 9.17. The van der Waals surface area contributed by atoms with Gasteiger partial charge in [-0.3, -0.25) is 4.79 Å². The number of hydrogen-bond acceptors (Lipinski definition) is 3. The highest BCUT2D eigenvalue weighted by Gasteiger charge is 2.27. The predicted octanol–water partition coefficient (Wildman–Crippen LogP) is 3.26. The molecule has 2 saturated heterocycles. The third-order valence-corrected chi connectivity index (χ3v) is 5.90. The summed E-state index contributed by atoms with van der Waals surface area (Å²) in [5, 5.41) is 7.42. The molecule has 2 fully saturated rings. The fourth-order valence-electron chi connectivity index (χ4n) is 4.32. The van der Waals surface area contributed by atoms with E-state index in [4.69, 9.17) is 0 Å². The molecule has 156 valence electrons. The summed E-state index contributed by atoms with van der Waals surface area (Å²) in [7, 11) is 0. The Bertz CT molecular complexity index is 900. The van der Waals surface area contributed by atoms with Crippen molar-refractivity contribution in [2.75, 3.05) is 26.2 Å². The van der Waals surface area contributed by atoms with Crippen LogP contribution in [0.1, 0.15) is 68.3 Å². The predicted molar refractivity (Wildman–Crippen MR) is 112 cm³/mol. The minimum atomic E-state index is -0.223. The van der Waals surface area contributed by atoms with Gasteiger partial charge in [0.25, 0.3) is 5.91 Å². The lowest BCUT2D eigenvalue weighted by Crippen LogP contribution is -2.50. The number of hydrogen-bond donors (Lipinski definition) is 1. The van der Waals surface area contributed by atoms with E-state index < -0.39 is 0 Å². The number of carbonyl (C=O) groups excluding carboxylic acids is 2. The highest BCUT2D eigenvalue weighted by atomic mass is 16.2. The fraction of sp³-hybridized carbons (Fsp3) is 0.591. The highest BCUT2D eigenvalue weighted by molar-refractivity contribution is 6.00. The van der Waals surface area contributed by atoms with E-state index in [1.165, 1.54) is 5.56 Å². The van der Waals surface area contributed by atoms with Gasteiger partial charge in [0.2, 0.25) is 0 Å². The van der Waals surface area contributed by atoms with Gasteiger partial charge in [-0.05, 0) is 70.1 Å². The summed E-state index contributed by atoms with van der Waals surface area (Å²) < 4.78 is 1.79. The van der Waals surface area contributed by atoms with Crippen LogP contribution < -0.4 is 5.32 Å². The van der Waals surface area contributed by atoms with Gasteiger partial charge in [0.1, 0.15) is 0 Å². The van der Waals surface area contributed by atoms with Crippen LogP contribution in [0.3, 0.4) is 0 Å². The Morgan fingerprint density at radius 2 is 1.76 bits per heavy atom. The van der Waals surface area contributed by atoms with E-state index in [0.717, 1.165) is 57.4 Å². The van der Waals surface area contributed by atoms with Crippen LogP contribution >= 0.6 is 0 Å². The lowest BCUT2D eigenvalue weighted by Gasteiger charge is -2.34. The van der Waals surface area contributed by atoms with Crippen molar-refractivity contribution in [3.8, 4) is 0 Å². The topological polar surface area (TPSA) is 70.0 Å². The normalized spacial score (nSPS) is 18.4. The van der Waals surface area contributed by atoms with Crippen LogP contribution in [0.25, 0.3) is 5.52 Å². The first kappa shape index (κ1) is 19.7. The van der Waals surface area contributed by atoms with Gasteiger partial charge in [-0.1, -0.05) is 0 Å². The third-order valence-electron chi connectivity index (χ3n) is 5.90. The average molecular weight is 398 g/mol. The van der Waals surface area contributed by atoms with Crippen LogP contribution in [-0.4, -0.2) is 63.1 Å². The zero-order valence-corrected chi connectivity index (χ0v) is 17.6. The maximum absolute atomic E-state index is 12.9. The van der Waals surface area contributed by atoms with Crippen molar-refractivity contribution in [2.45, 2.75) is 57.9 Å². The van der Waals surface area contributed by atoms with Gasteiger partial charge in [0, 0.05) is 37.9 Å². The quantitative estimate of drug-likeness (QED) is 0.846. The monoisotopic (exact) mass is 397 g/mol. The number of fused-ring (bicyclic) bond motifs is 1. The number of nitrogens with one attached hydrogen (secondary N) is 1. The van der Waals surface area contributed by atoms with Gasteiger partial charge in [-0.25, -0.2) is 9.31 Å². The zero-order chi connectivity index (χ0) is 20.6. The van der Waals surface area contributed by atoms with Crippen LogP contribution in [0, 0.1) is 0 Å². The number of urea groups is 1. The van der Waals surface area contributed by atoms with Gasteiger partial charge in [-0.2, -0.15) is 5.10 Å². The standard InChI is InChI=1S/C22H31N5O2/c1-22(2,3)24-21(29)26-11-6-16(7-12-26)17-8-13-27-19(14-17)18(15-23-27)20(28)25-9-4-5-10-25/h8,13-16H,4-7,9-12H2,1-3H3,(H,24,29). The number of aromatic nitrogens is 2. The van der Waals surface area contributed by atoms with Crippen LogP contribution in [0.5, 0.6) is 0 Å². The molecule has 2 aliphatic rings.